The number of piperidine rings is 1. The lowest BCUT2D eigenvalue weighted by Crippen LogP contribution is -2.35. The summed E-state index contributed by atoms with van der Waals surface area (Å²) < 4.78 is 19.1. The van der Waals surface area contributed by atoms with Gasteiger partial charge in [-0.05, 0) is 73.8 Å². The predicted molar refractivity (Wildman–Crippen MR) is 113 cm³/mol. The zero-order chi connectivity index (χ0) is 19.2. The molecule has 0 unspecified atom stereocenters. The largest absolute Gasteiger partial charge is 0.493 e. The van der Waals surface area contributed by atoms with Crippen LogP contribution in [-0.4, -0.2) is 31.1 Å². The fraction of sp³-hybridized carbons (Fsp3) is 0.360. The van der Waals surface area contributed by atoms with Crippen molar-refractivity contribution in [1.82, 2.24) is 4.90 Å². The lowest BCUT2D eigenvalue weighted by atomic mass is 9.90. The van der Waals surface area contributed by atoms with Gasteiger partial charge in [0.15, 0.2) is 0 Å². The van der Waals surface area contributed by atoms with Crippen molar-refractivity contribution in [3.05, 3.63) is 78.1 Å². The van der Waals surface area contributed by atoms with Crippen LogP contribution in [0.5, 0.6) is 5.75 Å². The van der Waals surface area contributed by atoms with E-state index in [1.54, 1.807) is 12.1 Å². The van der Waals surface area contributed by atoms with E-state index in [2.05, 4.69) is 47.4 Å². The molecule has 1 aliphatic rings. The molecule has 0 radical (unpaired) electrons. The summed E-state index contributed by atoms with van der Waals surface area (Å²) in [7, 11) is 0. The fourth-order valence-electron chi connectivity index (χ4n) is 4.16. The minimum absolute atomic E-state index is 0.149. The number of fused-ring (bicyclic) bond motifs is 1. The molecule has 3 aromatic rings. The van der Waals surface area contributed by atoms with Crippen molar-refractivity contribution in [3.63, 3.8) is 0 Å². The highest BCUT2D eigenvalue weighted by Gasteiger charge is 2.19. The zero-order valence-electron chi connectivity index (χ0n) is 16.3. The molecule has 0 aromatic heterocycles. The van der Waals surface area contributed by atoms with Crippen LogP contribution in [0.3, 0.4) is 0 Å². The monoisotopic (exact) mass is 377 g/mol. The number of hydrogen-bond acceptors (Lipinski definition) is 2. The van der Waals surface area contributed by atoms with Gasteiger partial charge in [-0.3, -0.25) is 0 Å². The Morgan fingerprint density at radius 3 is 2.46 bits per heavy atom. The zero-order valence-corrected chi connectivity index (χ0v) is 16.3. The molecule has 0 saturated carbocycles. The lowest BCUT2D eigenvalue weighted by molar-refractivity contribution is 0.171. The van der Waals surface area contributed by atoms with Crippen LogP contribution in [0.1, 0.15) is 24.8 Å². The minimum atomic E-state index is -0.149. The highest BCUT2D eigenvalue weighted by molar-refractivity contribution is 5.88. The maximum Gasteiger partial charge on any atom is 0.127 e. The van der Waals surface area contributed by atoms with Crippen LogP contribution >= 0.6 is 0 Å². The molecule has 4 rings (SSSR count). The van der Waals surface area contributed by atoms with E-state index in [0.717, 1.165) is 44.8 Å². The maximum atomic E-state index is 13.0. The SMILES string of the molecule is Fc1ccc(CC2CCN(CCCOc3cccc4ccccc34)CC2)cc1. The van der Waals surface area contributed by atoms with E-state index in [-0.39, 0.29) is 5.82 Å². The third-order valence-electron chi connectivity index (χ3n) is 5.77. The number of likely N-dealkylation sites (tertiary alicyclic amines) is 1. The molecule has 2 nitrogen and oxygen atoms in total. The van der Waals surface area contributed by atoms with Crippen molar-refractivity contribution in [1.29, 1.82) is 0 Å². The first kappa shape index (κ1) is 18.9. The van der Waals surface area contributed by atoms with Gasteiger partial charge in [0.05, 0.1) is 6.61 Å². The van der Waals surface area contributed by atoms with E-state index in [1.165, 1.54) is 29.2 Å². The summed E-state index contributed by atoms with van der Waals surface area (Å²) in [5.74, 6) is 1.55. The number of benzene rings is 3. The Morgan fingerprint density at radius 1 is 0.893 bits per heavy atom. The van der Waals surface area contributed by atoms with E-state index in [9.17, 15) is 4.39 Å². The average molecular weight is 378 g/mol. The van der Waals surface area contributed by atoms with Gasteiger partial charge >= 0.3 is 0 Å². The van der Waals surface area contributed by atoms with Crippen LogP contribution in [0.4, 0.5) is 4.39 Å². The molecule has 146 valence electrons. The molecule has 0 spiro atoms. The van der Waals surface area contributed by atoms with Gasteiger partial charge in [0.25, 0.3) is 0 Å². The number of ether oxygens (including phenoxy) is 1. The minimum Gasteiger partial charge on any atom is -0.493 e. The Morgan fingerprint density at radius 2 is 1.64 bits per heavy atom. The van der Waals surface area contributed by atoms with Crippen LogP contribution < -0.4 is 4.74 Å². The summed E-state index contributed by atoms with van der Waals surface area (Å²) >= 11 is 0. The lowest BCUT2D eigenvalue weighted by Gasteiger charge is -2.32. The summed E-state index contributed by atoms with van der Waals surface area (Å²) in [6, 6.07) is 21.6. The predicted octanol–water partition coefficient (Wildman–Crippen LogP) is 5.70. The van der Waals surface area contributed by atoms with Gasteiger partial charge in [-0.1, -0.05) is 48.5 Å². The summed E-state index contributed by atoms with van der Waals surface area (Å²) in [6.45, 7) is 4.15. The first-order valence-corrected chi connectivity index (χ1v) is 10.4. The average Bonchev–Trinajstić information content (AvgIpc) is 2.74. The highest BCUT2D eigenvalue weighted by atomic mass is 19.1. The second kappa shape index (κ2) is 9.20. The molecule has 0 N–H and O–H groups in total. The topological polar surface area (TPSA) is 12.5 Å². The molecule has 1 saturated heterocycles. The standard InChI is InChI=1S/C25H28FNO/c26-23-11-9-20(10-12-23)19-21-13-16-27(17-14-21)15-4-18-28-25-8-3-6-22-5-1-2-7-24(22)25/h1-3,5-12,21H,4,13-19H2. The Hall–Kier alpha value is -2.39. The van der Waals surface area contributed by atoms with E-state index >= 15 is 0 Å². The molecule has 0 amide bonds. The normalized spacial score (nSPS) is 15.8. The molecule has 28 heavy (non-hydrogen) atoms. The first-order valence-electron chi connectivity index (χ1n) is 10.4. The molecular weight excluding hydrogens is 349 g/mol. The van der Waals surface area contributed by atoms with Crippen LogP contribution in [0.2, 0.25) is 0 Å². The quantitative estimate of drug-likeness (QED) is 0.490. The maximum absolute atomic E-state index is 13.0. The number of halogens is 1. The fourth-order valence-corrected chi connectivity index (χ4v) is 4.16. The summed E-state index contributed by atoms with van der Waals surface area (Å²) in [5, 5.41) is 2.41. The molecule has 1 aliphatic heterocycles. The summed E-state index contributed by atoms with van der Waals surface area (Å²) in [4.78, 5) is 2.55. The highest BCUT2D eigenvalue weighted by Crippen LogP contribution is 2.25. The Bertz CT molecular complexity index is 879. The smallest absolute Gasteiger partial charge is 0.127 e. The van der Waals surface area contributed by atoms with Gasteiger partial charge in [-0.15, -0.1) is 0 Å². The molecule has 0 atom stereocenters. The van der Waals surface area contributed by atoms with Crippen LogP contribution in [0.25, 0.3) is 10.8 Å². The van der Waals surface area contributed by atoms with Gasteiger partial charge < -0.3 is 9.64 Å². The Labute approximate surface area is 166 Å². The second-order valence-corrected chi connectivity index (χ2v) is 7.79. The van der Waals surface area contributed by atoms with Crippen LogP contribution in [0.15, 0.2) is 66.7 Å². The molecule has 0 bridgehead atoms. The van der Waals surface area contributed by atoms with Crippen LogP contribution in [0, 0.1) is 11.7 Å². The third kappa shape index (κ3) is 4.90. The van der Waals surface area contributed by atoms with Crippen molar-refractivity contribution in [2.24, 2.45) is 5.92 Å². The van der Waals surface area contributed by atoms with Gasteiger partial charge in [0.1, 0.15) is 11.6 Å². The van der Waals surface area contributed by atoms with E-state index < -0.39 is 0 Å². The Balaban J connectivity index is 1.18. The van der Waals surface area contributed by atoms with Crippen molar-refractivity contribution in [2.45, 2.75) is 25.7 Å². The van der Waals surface area contributed by atoms with Crippen molar-refractivity contribution < 1.29 is 9.13 Å². The third-order valence-corrected chi connectivity index (χ3v) is 5.77. The molecule has 3 aromatic carbocycles. The van der Waals surface area contributed by atoms with Crippen molar-refractivity contribution in [3.8, 4) is 5.75 Å². The second-order valence-electron chi connectivity index (χ2n) is 7.79. The van der Waals surface area contributed by atoms with E-state index in [1.807, 2.05) is 12.1 Å². The number of rotatable bonds is 7. The van der Waals surface area contributed by atoms with Gasteiger partial charge in [-0.25, -0.2) is 4.39 Å². The van der Waals surface area contributed by atoms with Gasteiger partial charge in [0.2, 0.25) is 0 Å². The Kier molecular flexibility index (Phi) is 6.23. The summed E-state index contributed by atoms with van der Waals surface area (Å²) in [6.07, 6.45) is 4.56. The molecule has 1 heterocycles. The number of hydrogen-bond donors (Lipinski definition) is 0. The van der Waals surface area contributed by atoms with Gasteiger partial charge in [0, 0.05) is 11.9 Å². The van der Waals surface area contributed by atoms with Crippen molar-refractivity contribution in [2.75, 3.05) is 26.2 Å². The van der Waals surface area contributed by atoms with E-state index in [4.69, 9.17) is 4.74 Å². The molecule has 1 fully saturated rings. The van der Waals surface area contributed by atoms with Crippen LogP contribution in [-0.2, 0) is 6.42 Å². The molecule has 3 heteroatoms. The molecular formula is C25H28FNO. The number of nitrogens with zero attached hydrogens (tertiary/aromatic N) is 1. The van der Waals surface area contributed by atoms with E-state index in [0.29, 0.717) is 5.92 Å². The van der Waals surface area contributed by atoms with Crippen molar-refractivity contribution >= 4 is 10.8 Å². The summed E-state index contributed by atoms with van der Waals surface area (Å²) in [5.41, 5.74) is 1.25. The molecule has 0 aliphatic carbocycles. The van der Waals surface area contributed by atoms with Gasteiger partial charge in [-0.2, -0.15) is 0 Å². The first-order chi connectivity index (χ1) is 13.8.